The van der Waals surface area contributed by atoms with Crippen LogP contribution < -0.4 is 10.8 Å². The molecule has 0 radical (unpaired) electrons. The Morgan fingerprint density at radius 3 is 3.43 bits per heavy atom. The molecule has 1 aromatic heterocycles. The van der Waals surface area contributed by atoms with Gasteiger partial charge in [-0.1, -0.05) is 0 Å². The maximum absolute atomic E-state index is 11.4. The first-order chi connectivity index (χ1) is 6.81. The molecule has 1 aromatic rings. The number of H-pyrrole nitrogens is 1. The molecule has 1 aliphatic heterocycles. The zero-order valence-corrected chi connectivity index (χ0v) is 7.83. The number of amides is 1. The number of aromatic amines is 1. The van der Waals surface area contributed by atoms with Gasteiger partial charge in [0.1, 0.15) is 0 Å². The number of carbonyl (C=O) groups is 1. The predicted molar refractivity (Wildman–Crippen MR) is 48.1 cm³/mol. The Morgan fingerprint density at radius 1 is 1.79 bits per heavy atom. The van der Waals surface area contributed by atoms with Crippen molar-refractivity contribution in [2.45, 2.75) is 19.0 Å². The number of hydrogen-bond donors (Lipinski definition) is 3. The molecule has 2 rings (SSSR count). The van der Waals surface area contributed by atoms with Crippen molar-refractivity contribution in [2.24, 2.45) is 0 Å². The summed E-state index contributed by atoms with van der Waals surface area (Å²) >= 11 is 0. The molecule has 0 spiro atoms. The van der Waals surface area contributed by atoms with Crippen LogP contribution in [0, 0.1) is 0 Å². The Kier molecular flexibility index (Phi) is 2.47. The van der Waals surface area contributed by atoms with E-state index in [1.807, 2.05) is 0 Å². The first-order valence-corrected chi connectivity index (χ1v) is 4.38. The molecular weight excluding hydrogens is 184 g/mol. The van der Waals surface area contributed by atoms with E-state index in [0.717, 1.165) is 11.4 Å². The van der Waals surface area contributed by atoms with Gasteiger partial charge in [-0.3, -0.25) is 14.9 Å². The maximum Gasteiger partial charge on any atom is 0.261 e. The second-order valence-corrected chi connectivity index (χ2v) is 3.14. The SMILES string of the molecule is CONC(=O)C1Cc2nc[nH]c2CN1. The first-order valence-electron chi connectivity index (χ1n) is 4.38. The number of hydroxylamine groups is 1. The molecular formula is C8H12N4O2. The molecule has 0 bridgehead atoms. The number of imidazole rings is 1. The molecule has 14 heavy (non-hydrogen) atoms. The van der Waals surface area contributed by atoms with Gasteiger partial charge >= 0.3 is 0 Å². The van der Waals surface area contributed by atoms with Gasteiger partial charge in [-0.05, 0) is 0 Å². The highest BCUT2D eigenvalue weighted by molar-refractivity contribution is 5.81. The Hall–Kier alpha value is -1.40. The summed E-state index contributed by atoms with van der Waals surface area (Å²) in [4.78, 5) is 23.1. The largest absolute Gasteiger partial charge is 0.347 e. The van der Waals surface area contributed by atoms with Crippen molar-refractivity contribution < 1.29 is 9.63 Å². The normalized spacial score (nSPS) is 20.2. The highest BCUT2D eigenvalue weighted by Gasteiger charge is 2.25. The van der Waals surface area contributed by atoms with E-state index in [0.29, 0.717) is 13.0 Å². The fourth-order valence-corrected chi connectivity index (χ4v) is 1.53. The van der Waals surface area contributed by atoms with Gasteiger partial charge in [0.2, 0.25) is 0 Å². The highest BCUT2D eigenvalue weighted by Crippen LogP contribution is 2.11. The number of hydrogen-bond acceptors (Lipinski definition) is 4. The van der Waals surface area contributed by atoms with Crippen molar-refractivity contribution in [3.63, 3.8) is 0 Å². The molecule has 1 unspecified atom stereocenters. The van der Waals surface area contributed by atoms with Gasteiger partial charge in [0.05, 0.1) is 30.9 Å². The number of rotatable bonds is 2. The molecule has 0 saturated carbocycles. The molecule has 0 saturated heterocycles. The molecule has 6 nitrogen and oxygen atoms in total. The number of nitrogens with one attached hydrogen (secondary N) is 3. The van der Waals surface area contributed by atoms with E-state index in [4.69, 9.17) is 0 Å². The minimum atomic E-state index is -0.259. The van der Waals surface area contributed by atoms with Crippen molar-refractivity contribution >= 4 is 5.91 Å². The fourth-order valence-electron chi connectivity index (χ4n) is 1.53. The number of nitrogens with zero attached hydrogens (tertiary/aromatic N) is 1. The first kappa shape index (κ1) is 9.17. The lowest BCUT2D eigenvalue weighted by Gasteiger charge is -2.21. The summed E-state index contributed by atoms with van der Waals surface area (Å²) in [5, 5.41) is 3.08. The zero-order chi connectivity index (χ0) is 9.97. The summed E-state index contributed by atoms with van der Waals surface area (Å²) in [5.41, 5.74) is 4.29. The van der Waals surface area contributed by atoms with E-state index in [-0.39, 0.29) is 11.9 Å². The van der Waals surface area contributed by atoms with Gasteiger partial charge in [-0.2, -0.15) is 0 Å². The third-order valence-electron chi connectivity index (χ3n) is 2.25. The second-order valence-electron chi connectivity index (χ2n) is 3.14. The van der Waals surface area contributed by atoms with E-state index < -0.39 is 0 Å². The van der Waals surface area contributed by atoms with Crippen molar-refractivity contribution in [2.75, 3.05) is 7.11 Å². The Bertz CT molecular complexity index is 336. The smallest absolute Gasteiger partial charge is 0.261 e. The van der Waals surface area contributed by atoms with E-state index in [1.165, 1.54) is 7.11 Å². The molecule has 1 amide bonds. The Morgan fingerprint density at radius 2 is 2.64 bits per heavy atom. The van der Waals surface area contributed by atoms with Crippen LogP contribution in [0.3, 0.4) is 0 Å². The van der Waals surface area contributed by atoms with Gasteiger partial charge in [0.15, 0.2) is 0 Å². The lowest BCUT2D eigenvalue weighted by atomic mass is 10.1. The summed E-state index contributed by atoms with van der Waals surface area (Å²) in [6.45, 7) is 0.636. The van der Waals surface area contributed by atoms with E-state index in [2.05, 4.69) is 25.6 Å². The maximum atomic E-state index is 11.4. The lowest BCUT2D eigenvalue weighted by molar-refractivity contribution is -0.133. The number of aromatic nitrogens is 2. The van der Waals surface area contributed by atoms with Crippen molar-refractivity contribution in [3.8, 4) is 0 Å². The minimum absolute atomic E-state index is 0.166. The molecule has 1 aliphatic rings. The molecule has 0 fully saturated rings. The third-order valence-corrected chi connectivity index (χ3v) is 2.25. The van der Waals surface area contributed by atoms with Gasteiger partial charge < -0.3 is 4.98 Å². The number of fused-ring (bicyclic) bond motifs is 1. The van der Waals surface area contributed by atoms with Crippen LogP contribution in [0.1, 0.15) is 11.4 Å². The summed E-state index contributed by atoms with van der Waals surface area (Å²) in [6.07, 6.45) is 2.23. The van der Waals surface area contributed by atoms with Crippen molar-refractivity contribution in [1.29, 1.82) is 0 Å². The second kappa shape index (κ2) is 3.77. The van der Waals surface area contributed by atoms with Crippen molar-refractivity contribution in [3.05, 3.63) is 17.7 Å². The van der Waals surface area contributed by atoms with Crippen LogP contribution in [-0.2, 0) is 22.6 Å². The molecule has 2 heterocycles. The van der Waals surface area contributed by atoms with Crippen LogP contribution in [0.2, 0.25) is 0 Å². The molecule has 0 aromatic carbocycles. The zero-order valence-electron chi connectivity index (χ0n) is 7.83. The monoisotopic (exact) mass is 196 g/mol. The summed E-state index contributed by atoms with van der Waals surface area (Å²) in [6, 6.07) is -0.259. The fraction of sp³-hybridized carbons (Fsp3) is 0.500. The summed E-state index contributed by atoms with van der Waals surface area (Å²) < 4.78 is 0. The topological polar surface area (TPSA) is 79.0 Å². The highest BCUT2D eigenvalue weighted by atomic mass is 16.6. The van der Waals surface area contributed by atoms with Gasteiger partial charge in [-0.25, -0.2) is 10.5 Å². The predicted octanol–water partition coefficient (Wildman–Crippen LogP) is -0.898. The summed E-state index contributed by atoms with van der Waals surface area (Å²) in [5.74, 6) is -0.166. The number of carbonyl (C=O) groups excluding carboxylic acids is 1. The van der Waals surface area contributed by atoms with Crippen LogP contribution in [0.4, 0.5) is 0 Å². The van der Waals surface area contributed by atoms with Gasteiger partial charge in [0, 0.05) is 13.0 Å². The van der Waals surface area contributed by atoms with E-state index in [9.17, 15) is 4.79 Å². The third kappa shape index (κ3) is 1.61. The molecule has 1 atom stereocenters. The van der Waals surface area contributed by atoms with Gasteiger partial charge in [0.25, 0.3) is 5.91 Å². The van der Waals surface area contributed by atoms with Crippen LogP contribution in [0.15, 0.2) is 6.33 Å². The molecule has 3 N–H and O–H groups in total. The van der Waals surface area contributed by atoms with Crippen LogP contribution in [-0.4, -0.2) is 29.0 Å². The van der Waals surface area contributed by atoms with Crippen molar-refractivity contribution in [1.82, 2.24) is 20.8 Å². The minimum Gasteiger partial charge on any atom is -0.347 e. The van der Waals surface area contributed by atoms with E-state index >= 15 is 0 Å². The Labute approximate surface area is 81.0 Å². The average molecular weight is 196 g/mol. The molecule has 76 valence electrons. The standard InChI is InChI=1S/C8H12N4O2/c1-14-12-8(13)6-2-5-7(3-9-6)11-4-10-5/h4,6,9H,2-3H2,1H3,(H,10,11)(H,12,13). The van der Waals surface area contributed by atoms with Crippen LogP contribution in [0.5, 0.6) is 0 Å². The average Bonchev–Trinajstić information content (AvgIpc) is 2.64. The summed E-state index contributed by atoms with van der Waals surface area (Å²) in [7, 11) is 1.42. The Balaban J connectivity index is 2.04. The van der Waals surface area contributed by atoms with E-state index in [1.54, 1.807) is 6.33 Å². The van der Waals surface area contributed by atoms with Crippen LogP contribution >= 0.6 is 0 Å². The van der Waals surface area contributed by atoms with Crippen LogP contribution in [0.25, 0.3) is 0 Å². The molecule has 0 aliphatic carbocycles. The lowest BCUT2D eigenvalue weighted by Crippen LogP contribution is -2.47. The van der Waals surface area contributed by atoms with Gasteiger partial charge in [-0.15, -0.1) is 0 Å². The molecule has 6 heteroatoms. The quantitative estimate of drug-likeness (QED) is 0.536.